The normalized spacial score (nSPS) is 14.2. The molecule has 1 rings (SSSR count). The number of rotatable bonds is 6. The van der Waals surface area contributed by atoms with E-state index >= 15 is 0 Å². The lowest BCUT2D eigenvalue weighted by molar-refractivity contribution is -0.145. The van der Waals surface area contributed by atoms with E-state index in [2.05, 4.69) is 0 Å². The average Bonchev–Trinajstić information content (AvgIpc) is 2.32. The summed E-state index contributed by atoms with van der Waals surface area (Å²) in [6.07, 6.45) is 0. The number of hydrogen-bond donors (Lipinski definition) is 1. The maximum atomic E-state index is 13.1. The third-order valence-electron chi connectivity index (χ3n) is 4.33. The number of hydrogen-bond acceptors (Lipinski definition) is 2. The van der Waals surface area contributed by atoms with Crippen LogP contribution in [0.5, 0.6) is 0 Å². The van der Waals surface area contributed by atoms with Gasteiger partial charge in [0, 0.05) is 11.5 Å². The van der Waals surface area contributed by atoms with Gasteiger partial charge in [-0.1, -0.05) is 45.4 Å². The van der Waals surface area contributed by atoms with Gasteiger partial charge in [0.25, 0.3) is 0 Å². The van der Waals surface area contributed by atoms with Crippen LogP contribution in [0.15, 0.2) is 12.1 Å². The van der Waals surface area contributed by atoms with Crippen LogP contribution in [0, 0.1) is 44.4 Å². The molecule has 122 valence electrons. The Labute approximate surface area is 133 Å². The van der Waals surface area contributed by atoms with Crippen molar-refractivity contribution in [2.75, 3.05) is 0 Å². The first-order valence-corrected chi connectivity index (χ1v) is 7.92. The summed E-state index contributed by atoms with van der Waals surface area (Å²) < 4.78 is 0. The molecule has 3 heteroatoms. The molecule has 22 heavy (non-hydrogen) atoms. The summed E-state index contributed by atoms with van der Waals surface area (Å²) in [6, 6.07) is 3.98. The van der Waals surface area contributed by atoms with E-state index in [4.69, 9.17) is 0 Å². The Morgan fingerprint density at radius 2 is 1.27 bits per heavy atom. The van der Waals surface area contributed by atoms with Gasteiger partial charge in [-0.2, -0.15) is 0 Å². The fourth-order valence-electron chi connectivity index (χ4n) is 3.47. The fraction of sp³-hybridized carbons (Fsp3) is 0.579. The van der Waals surface area contributed by atoms with Crippen molar-refractivity contribution in [2.45, 2.75) is 48.5 Å². The summed E-state index contributed by atoms with van der Waals surface area (Å²) in [5.74, 6) is -2.18. The molecule has 0 aliphatic carbocycles. The van der Waals surface area contributed by atoms with Crippen molar-refractivity contribution in [3.05, 3.63) is 34.4 Å². The zero-order valence-corrected chi connectivity index (χ0v) is 14.7. The molecule has 1 aromatic carbocycles. The lowest BCUT2D eigenvalue weighted by atomic mass is 9.72. The molecule has 2 unspecified atom stereocenters. The van der Waals surface area contributed by atoms with Crippen molar-refractivity contribution in [1.82, 2.24) is 0 Å². The average molecular weight is 304 g/mol. The SMILES string of the molecule is Cc1cc(C)c(C(=O)C(C(C)C)C(C(=O)O)C(C)C)c(C)c1. The molecule has 3 nitrogen and oxygen atoms in total. The molecule has 0 heterocycles. The molecule has 0 spiro atoms. The maximum absolute atomic E-state index is 13.1. The number of carboxylic acid groups (broad SMARTS) is 1. The Balaban J connectivity index is 3.40. The van der Waals surface area contributed by atoms with E-state index in [1.807, 2.05) is 60.6 Å². The number of carbonyl (C=O) groups excluding carboxylic acids is 1. The van der Waals surface area contributed by atoms with Gasteiger partial charge in [-0.3, -0.25) is 9.59 Å². The molecule has 0 aromatic heterocycles. The van der Waals surface area contributed by atoms with Crippen LogP contribution in [-0.2, 0) is 4.79 Å². The predicted octanol–water partition coefficient (Wildman–Crippen LogP) is 4.42. The van der Waals surface area contributed by atoms with Crippen molar-refractivity contribution < 1.29 is 14.7 Å². The van der Waals surface area contributed by atoms with Gasteiger partial charge in [-0.05, 0) is 43.7 Å². The zero-order chi connectivity index (χ0) is 17.2. The number of carboxylic acids is 1. The second kappa shape index (κ2) is 7.08. The highest BCUT2D eigenvalue weighted by atomic mass is 16.4. The van der Waals surface area contributed by atoms with Gasteiger partial charge < -0.3 is 5.11 Å². The summed E-state index contributed by atoms with van der Waals surface area (Å²) in [5.41, 5.74) is 3.67. The molecular formula is C19H28O3. The number of carbonyl (C=O) groups is 2. The lowest BCUT2D eigenvalue weighted by Gasteiger charge is -2.30. The highest BCUT2D eigenvalue weighted by molar-refractivity contribution is 6.02. The van der Waals surface area contributed by atoms with Crippen LogP contribution in [-0.4, -0.2) is 16.9 Å². The molecule has 0 radical (unpaired) electrons. The molecule has 1 N–H and O–H groups in total. The van der Waals surface area contributed by atoms with E-state index in [0.29, 0.717) is 5.56 Å². The van der Waals surface area contributed by atoms with Crippen LogP contribution in [0.3, 0.4) is 0 Å². The standard InChI is InChI=1S/C19H28O3/c1-10(2)15(16(11(3)4)19(21)22)18(20)17-13(6)8-12(5)9-14(17)7/h8-11,15-16H,1-7H3,(H,21,22). The second-order valence-electron chi connectivity index (χ2n) is 7.02. The minimum absolute atomic E-state index is 0.0175. The van der Waals surface area contributed by atoms with Crippen molar-refractivity contribution in [3.63, 3.8) is 0 Å². The molecule has 0 saturated heterocycles. The van der Waals surface area contributed by atoms with Crippen molar-refractivity contribution in [2.24, 2.45) is 23.7 Å². The maximum Gasteiger partial charge on any atom is 0.307 e. The minimum atomic E-state index is -0.885. The van der Waals surface area contributed by atoms with E-state index in [1.54, 1.807) is 0 Å². The Bertz CT molecular complexity index is 547. The monoisotopic (exact) mass is 304 g/mol. The van der Waals surface area contributed by atoms with Crippen molar-refractivity contribution in [1.29, 1.82) is 0 Å². The van der Waals surface area contributed by atoms with Crippen LogP contribution in [0.4, 0.5) is 0 Å². The first kappa shape index (κ1) is 18.4. The Hall–Kier alpha value is -1.64. The van der Waals surface area contributed by atoms with E-state index in [1.165, 1.54) is 0 Å². The van der Waals surface area contributed by atoms with Crippen molar-refractivity contribution in [3.8, 4) is 0 Å². The summed E-state index contributed by atoms with van der Waals surface area (Å²) >= 11 is 0. The molecule has 1 aromatic rings. The molecule has 0 amide bonds. The Morgan fingerprint density at radius 1 is 0.864 bits per heavy atom. The van der Waals surface area contributed by atoms with Gasteiger partial charge in [0.2, 0.25) is 0 Å². The molecule has 2 atom stereocenters. The molecular weight excluding hydrogens is 276 g/mol. The van der Waals surface area contributed by atoms with Gasteiger partial charge in [0.15, 0.2) is 5.78 Å². The minimum Gasteiger partial charge on any atom is -0.481 e. The molecule has 0 bridgehead atoms. The topological polar surface area (TPSA) is 54.4 Å². The smallest absolute Gasteiger partial charge is 0.307 e. The predicted molar refractivity (Wildman–Crippen MR) is 89.3 cm³/mol. The van der Waals surface area contributed by atoms with Gasteiger partial charge in [0.1, 0.15) is 0 Å². The molecule has 0 aliphatic heterocycles. The van der Waals surface area contributed by atoms with Gasteiger partial charge >= 0.3 is 5.97 Å². The molecule has 0 saturated carbocycles. The Morgan fingerprint density at radius 3 is 1.59 bits per heavy atom. The fourth-order valence-corrected chi connectivity index (χ4v) is 3.47. The molecule has 0 fully saturated rings. The van der Waals surface area contributed by atoms with Gasteiger partial charge in [-0.15, -0.1) is 0 Å². The third kappa shape index (κ3) is 3.76. The Kier molecular flexibility index (Phi) is 5.92. The van der Waals surface area contributed by atoms with Gasteiger partial charge in [-0.25, -0.2) is 0 Å². The number of benzene rings is 1. The van der Waals surface area contributed by atoms with Crippen LogP contribution < -0.4 is 0 Å². The van der Waals surface area contributed by atoms with Gasteiger partial charge in [0.05, 0.1) is 5.92 Å². The summed E-state index contributed by atoms with van der Waals surface area (Å²) in [4.78, 5) is 24.8. The highest BCUT2D eigenvalue weighted by Gasteiger charge is 2.39. The summed E-state index contributed by atoms with van der Waals surface area (Å²) in [5, 5.41) is 9.59. The van der Waals surface area contributed by atoms with E-state index in [0.717, 1.165) is 16.7 Å². The number of aryl methyl sites for hydroxylation is 3. The second-order valence-corrected chi connectivity index (χ2v) is 7.02. The number of Topliss-reactive ketones (excluding diaryl/α,β-unsaturated/α-hetero) is 1. The first-order valence-electron chi connectivity index (χ1n) is 7.92. The number of ketones is 1. The van der Waals surface area contributed by atoms with E-state index < -0.39 is 17.8 Å². The van der Waals surface area contributed by atoms with Crippen molar-refractivity contribution >= 4 is 11.8 Å². The zero-order valence-electron chi connectivity index (χ0n) is 14.7. The highest BCUT2D eigenvalue weighted by Crippen LogP contribution is 2.33. The summed E-state index contributed by atoms with van der Waals surface area (Å²) in [7, 11) is 0. The quantitative estimate of drug-likeness (QED) is 0.791. The molecule has 0 aliphatic rings. The van der Waals surface area contributed by atoms with E-state index in [9.17, 15) is 14.7 Å². The third-order valence-corrected chi connectivity index (χ3v) is 4.33. The summed E-state index contributed by atoms with van der Waals surface area (Å²) in [6.45, 7) is 13.5. The van der Waals surface area contributed by atoms with Crippen LogP contribution >= 0.6 is 0 Å². The van der Waals surface area contributed by atoms with Crippen LogP contribution in [0.25, 0.3) is 0 Å². The first-order chi connectivity index (χ1) is 10.1. The number of aliphatic carboxylic acids is 1. The van der Waals surface area contributed by atoms with E-state index in [-0.39, 0.29) is 17.6 Å². The lowest BCUT2D eigenvalue weighted by Crippen LogP contribution is -2.37. The van der Waals surface area contributed by atoms with Crippen LogP contribution in [0.2, 0.25) is 0 Å². The van der Waals surface area contributed by atoms with Crippen LogP contribution in [0.1, 0.15) is 54.7 Å². The largest absolute Gasteiger partial charge is 0.481 e.